The summed E-state index contributed by atoms with van der Waals surface area (Å²) in [5.74, 6) is 0.931. The van der Waals surface area contributed by atoms with Crippen molar-refractivity contribution in [3.63, 3.8) is 0 Å². The number of pyridine rings is 2. The topological polar surface area (TPSA) is 46.3 Å². The van der Waals surface area contributed by atoms with Crippen LogP contribution < -0.4 is 0 Å². The number of hydrogen-bond acceptors (Lipinski definition) is 5. The van der Waals surface area contributed by atoms with Gasteiger partial charge in [0.2, 0.25) is 0 Å². The van der Waals surface area contributed by atoms with Crippen LogP contribution in [0, 0.1) is 0 Å². The van der Waals surface area contributed by atoms with Crippen LogP contribution >= 0.6 is 11.8 Å². The van der Waals surface area contributed by atoms with Gasteiger partial charge in [-0.3, -0.25) is 9.98 Å². The lowest BCUT2D eigenvalue weighted by atomic mass is 10.0. The van der Waals surface area contributed by atoms with Gasteiger partial charge >= 0.3 is 0 Å². The third-order valence-electron chi connectivity index (χ3n) is 4.86. The van der Waals surface area contributed by atoms with Crippen LogP contribution in [0.3, 0.4) is 0 Å². The maximum Gasteiger partial charge on any atom is 0.160 e. The van der Waals surface area contributed by atoms with Crippen molar-refractivity contribution in [2.24, 2.45) is 4.99 Å². The molecular formula is C20H19N5S. The molecule has 0 bridgehead atoms. The molecule has 0 amide bonds. The molecule has 6 heteroatoms. The van der Waals surface area contributed by atoms with Gasteiger partial charge in [-0.05, 0) is 36.4 Å². The number of thioether (sulfide) groups is 1. The zero-order chi connectivity index (χ0) is 17.5. The zero-order valence-electron chi connectivity index (χ0n) is 14.4. The van der Waals surface area contributed by atoms with Crippen molar-refractivity contribution in [2.75, 3.05) is 6.54 Å². The van der Waals surface area contributed by atoms with E-state index in [9.17, 15) is 0 Å². The maximum absolute atomic E-state index is 5.05. The van der Waals surface area contributed by atoms with Gasteiger partial charge in [0.25, 0.3) is 0 Å². The molecule has 3 atom stereocenters. The summed E-state index contributed by atoms with van der Waals surface area (Å²) in [7, 11) is 0. The minimum atomic E-state index is 0.00330. The fraction of sp³-hybridized carbons (Fsp3) is 0.250. The number of rotatable bonds is 3. The molecule has 0 unspecified atom stereocenters. The summed E-state index contributed by atoms with van der Waals surface area (Å²) in [6.45, 7) is 3.26. The molecule has 2 aliphatic rings. The smallest absolute Gasteiger partial charge is 0.160 e. The molecule has 0 spiro atoms. The highest BCUT2D eigenvalue weighted by molar-refractivity contribution is 8.14. The molecule has 26 heavy (non-hydrogen) atoms. The Bertz CT molecular complexity index is 937. The van der Waals surface area contributed by atoms with Crippen LogP contribution in [0.2, 0.25) is 0 Å². The molecule has 5 rings (SSSR count). The van der Waals surface area contributed by atoms with E-state index in [1.165, 1.54) is 5.69 Å². The van der Waals surface area contributed by atoms with Crippen molar-refractivity contribution in [3.05, 3.63) is 78.5 Å². The van der Waals surface area contributed by atoms with Gasteiger partial charge in [0.1, 0.15) is 11.9 Å². The Labute approximate surface area is 156 Å². The van der Waals surface area contributed by atoms with Gasteiger partial charge in [0.05, 0.1) is 11.7 Å². The predicted octanol–water partition coefficient (Wildman–Crippen LogP) is 3.86. The summed E-state index contributed by atoms with van der Waals surface area (Å²) < 4.78 is 2.17. The zero-order valence-corrected chi connectivity index (χ0v) is 15.3. The van der Waals surface area contributed by atoms with E-state index in [2.05, 4.69) is 50.8 Å². The van der Waals surface area contributed by atoms with Crippen molar-refractivity contribution in [3.8, 4) is 5.82 Å². The summed E-state index contributed by atoms with van der Waals surface area (Å²) in [5, 5.41) is 1.69. The molecule has 0 saturated carbocycles. The van der Waals surface area contributed by atoms with Crippen molar-refractivity contribution in [1.82, 2.24) is 19.4 Å². The lowest BCUT2D eigenvalue weighted by Gasteiger charge is -2.28. The molecule has 5 nitrogen and oxygen atoms in total. The van der Waals surface area contributed by atoms with Gasteiger partial charge in [-0.1, -0.05) is 30.8 Å². The fourth-order valence-corrected chi connectivity index (χ4v) is 4.87. The van der Waals surface area contributed by atoms with Crippen LogP contribution in [0.1, 0.15) is 30.4 Å². The van der Waals surface area contributed by atoms with Crippen LogP contribution in [-0.4, -0.2) is 36.4 Å². The van der Waals surface area contributed by atoms with Crippen LogP contribution in [0.15, 0.2) is 72.1 Å². The second kappa shape index (κ2) is 6.29. The largest absolute Gasteiger partial charge is 0.339 e. The van der Waals surface area contributed by atoms with Gasteiger partial charge in [-0.15, -0.1) is 0 Å². The molecule has 3 aromatic heterocycles. The average molecular weight is 361 g/mol. The summed E-state index contributed by atoms with van der Waals surface area (Å²) in [6, 6.07) is 16.5. The van der Waals surface area contributed by atoms with E-state index in [1.807, 2.05) is 54.5 Å². The maximum atomic E-state index is 5.05. The van der Waals surface area contributed by atoms with Crippen molar-refractivity contribution >= 4 is 16.9 Å². The average Bonchev–Trinajstić information content (AvgIpc) is 3.37. The molecule has 0 aliphatic carbocycles. The fourth-order valence-electron chi connectivity index (χ4n) is 3.78. The Balaban J connectivity index is 1.62. The summed E-state index contributed by atoms with van der Waals surface area (Å²) in [5.41, 5.74) is 2.22. The highest BCUT2D eigenvalue weighted by Crippen LogP contribution is 2.47. The summed E-state index contributed by atoms with van der Waals surface area (Å²) in [6.07, 6.45) is 5.76. The molecule has 130 valence electrons. The lowest BCUT2D eigenvalue weighted by Crippen LogP contribution is -2.30. The normalized spacial score (nSPS) is 24.6. The molecule has 0 aromatic carbocycles. The number of aromatic nitrogens is 3. The summed E-state index contributed by atoms with van der Waals surface area (Å²) >= 11 is 1.86. The van der Waals surface area contributed by atoms with E-state index in [-0.39, 0.29) is 12.1 Å². The Morgan fingerprint density at radius 2 is 1.85 bits per heavy atom. The van der Waals surface area contributed by atoms with Crippen LogP contribution in [0.4, 0.5) is 0 Å². The molecule has 1 saturated heterocycles. The highest BCUT2D eigenvalue weighted by Gasteiger charge is 2.44. The third kappa shape index (κ3) is 2.52. The van der Waals surface area contributed by atoms with E-state index >= 15 is 0 Å². The Morgan fingerprint density at radius 1 is 1.00 bits per heavy atom. The van der Waals surface area contributed by atoms with E-state index in [1.54, 1.807) is 0 Å². The van der Waals surface area contributed by atoms with E-state index < -0.39 is 0 Å². The Morgan fingerprint density at radius 3 is 2.62 bits per heavy atom. The number of aliphatic imine (C=N–C) groups is 1. The van der Waals surface area contributed by atoms with Gasteiger partial charge in [-0.25, -0.2) is 4.98 Å². The number of amidine groups is 1. The third-order valence-corrected chi connectivity index (χ3v) is 5.96. The second-order valence-electron chi connectivity index (χ2n) is 6.63. The van der Waals surface area contributed by atoms with Gasteiger partial charge in [0, 0.05) is 36.1 Å². The molecule has 2 aliphatic heterocycles. The van der Waals surface area contributed by atoms with E-state index in [0.29, 0.717) is 5.25 Å². The van der Waals surface area contributed by atoms with Crippen LogP contribution in [0.25, 0.3) is 5.82 Å². The molecule has 0 radical (unpaired) electrons. The molecule has 5 heterocycles. The first-order chi connectivity index (χ1) is 12.8. The van der Waals surface area contributed by atoms with Gasteiger partial charge in [-0.2, -0.15) is 0 Å². The monoisotopic (exact) mass is 361 g/mol. The van der Waals surface area contributed by atoms with Crippen LogP contribution in [-0.2, 0) is 0 Å². The first-order valence-electron chi connectivity index (χ1n) is 8.82. The molecule has 3 aromatic rings. The number of nitrogens with zero attached hydrogens (tertiary/aromatic N) is 5. The van der Waals surface area contributed by atoms with Gasteiger partial charge in [0.15, 0.2) is 5.17 Å². The number of fused-ring (bicyclic) bond motifs is 1. The predicted molar refractivity (Wildman–Crippen MR) is 104 cm³/mol. The minimum absolute atomic E-state index is 0.00330. The van der Waals surface area contributed by atoms with Gasteiger partial charge < -0.3 is 9.47 Å². The quantitative estimate of drug-likeness (QED) is 0.711. The van der Waals surface area contributed by atoms with Crippen molar-refractivity contribution in [2.45, 2.75) is 24.3 Å². The van der Waals surface area contributed by atoms with Crippen molar-refractivity contribution < 1.29 is 0 Å². The van der Waals surface area contributed by atoms with Crippen LogP contribution in [0.5, 0.6) is 0 Å². The SMILES string of the molecule is C[C@@H]1CN2C(=N[C@H](c3ccccn3)[C@@H]2c2cccn2-c2ccccn2)S1. The lowest BCUT2D eigenvalue weighted by molar-refractivity contribution is 0.312. The number of hydrogen-bond donors (Lipinski definition) is 0. The molecular weight excluding hydrogens is 342 g/mol. The van der Waals surface area contributed by atoms with E-state index in [0.717, 1.165) is 23.2 Å². The highest BCUT2D eigenvalue weighted by atomic mass is 32.2. The Kier molecular flexibility index (Phi) is 3.78. The first-order valence-corrected chi connectivity index (χ1v) is 9.70. The molecule has 0 N–H and O–H groups in total. The standard InChI is InChI=1S/C20H19N5S/c1-14-13-25-19(16-8-6-12-24(16)17-9-3-5-11-22-17)18(23-20(25)26-14)15-7-2-4-10-21-15/h2-12,14,18-19H,13H2,1H3/t14-,18-,19+/m1/s1. The second-order valence-corrected chi connectivity index (χ2v) is 8.03. The summed E-state index contributed by atoms with van der Waals surface area (Å²) in [4.78, 5) is 16.6. The van der Waals surface area contributed by atoms with Crippen molar-refractivity contribution in [1.29, 1.82) is 0 Å². The Hall–Kier alpha value is -2.60. The molecule has 1 fully saturated rings. The first kappa shape index (κ1) is 15.6. The minimum Gasteiger partial charge on any atom is -0.339 e. The van der Waals surface area contributed by atoms with E-state index in [4.69, 9.17) is 4.99 Å².